The Balaban J connectivity index is 2.33. The Labute approximate surface area is 98.0 Å². The van der Waals surface area contributed by atoms with Crippen LogP contribution in [0.4, 0.5) is 0 Å². The maximum atomic E-state index is 9.83. The van der Waals surface area contributed by atoms with Crippen LogP contribution in [0.2, 0.25) is 0 Å². The summed E-state index contributed by atoms with van der Waals surface area (Å²) in [6.45, 7) is 0. The molecule has 0 saturated carbocycles. The molecule has 0 fully saturated rings. The van der Waals surface area contributed by atoms with Gasteiger partial charge < -0.3 is 10.2 Å². The second-order valence-corrected chi connectivity index (χ2v) is 3.68. The van der Waals surface area contributed by atoms with Gasteiger partial charge in [0.25, 0.3) is 0 Å². The SMILES string of the molecule is N#CCC(O)C(O)c1ccc2nccnc2c1. The molecule has 1 heterocycles. The molecular weight excluding hydrogens is 218 g/mol. The lowest BCUT2D eigenvalue weighted by Crippen LogP contribution is -2.17. The number of nitriles is 1. The summed E-state index contributed by atoms with van der Waals surface area (Å²) in [6.07, 6.45) is 0.863. The van der Waals surface area contributed by atoms with Crippen molar-refractivity contribution in [2.24, 2.45) is 0 Å². The molecule has 0 aliphatic carbocycles. The molecule has 2 rings (SSSR count). The normalized spacial score (nSPS) is 14.2. The van der Waals surface area contributed by atoms with E-state index in [1.165, 1.54) is 0 Å². The average molecular weight is 229 g/mol. The van der Waals surface area contributed by atoms with Gasteiger partial charge in [-0.25, -0.2) is 0 Å². The third-order valence-corrected chi connectivity index (χ3v) is 2.50. The summed E-state index contributed by atoms with van der Waals surface area (Å²) in [5, 5.41) is 27.8. The van der Waals surface area contributed by atoms with Gasteiger partial charge in [0.05, 0.1) is 29.6 Å². The van der Waals surface area contributed by atoms with Gasteiger partial charge in [-0.15, -0.1) is 0 Å². The van der Waals surface area contributed by atoms with Crippen molar-refractivity contribution in [3.8, 4) is 6.07 Å². The first-order chi connectivity index (χ1) is 8.22. The summed E-state index contributed by atoms with van der Waals surface area (Å²) in [7, 11) is 0. The molecule has 2 atom stereocenters. The van der Waals surface area contributed by atoms with Gasteiger partial charge in [0.1, 0.15) is 6.10 Å². The molecule has 0 amide bonds. The third kappa shape index (κ3) is 2.38. The molecule has 0 spiro atoms. The zero-order valence-electron chi connectivity index (χ0n) is 8.98. The summed E-state index contributed by atoms with van der Waals surface area (Å²) in [4.78, 5) is 8.21. The quantitative estimate of drug-likeness (QED) is 0.817. The van der Waals surface area contributed by atoms with Crippen LogP contribution in [0.3, 0.4) is 0 Å². The second kappa shape index (κ2) is 4.87. The van der Waals surface area contributed by atoms with Gasteiger partial charge in [0, 0.05) is 12.4 Å². The van der Waals surface area contributed by atoms with Gasteiger partial charge in [-0.05, 0) is 17.7 Å². The molecule has 17 heavy (non-hydrogen) atoms. The Morgan fingerprint density at radius 2 is 1.88 bits per heavy atom. The van der Waals surface area contributed by atoms with Gasteiger partial charge in [0.15, 0.2) is 0 Å². The lowest BCUT2D eigenvalue weighted by atomic mass is 10.0. The summed E-state index contributed by atoms with van der Waals surface area (Å²) in [6, 6.07) is 6.87. The number of aliphatic hydroxyl groups excluding tert-OH is 2. The number of fused-ring (bicyclic) bond motifs is 1. The van der Waals surface area contributed by atoms with E-state index < -0.39 is 12.2 Å². The third-order valence-electron chi connectivity index (χ3n) is 2.50. The van der Waals surface area contributed by atoms with Crippen molar-refractivity contribution < 1.29 is 10.2 Å². The minimum absolute atomic E-state index is 0.111. The van der Waals surface area contributed by atoms with Gasteiger partial charge in [-0.3, -0.25) is 9.97 Å². The summed E-state index contributed by atoms with van der Waals surface area (Å²) < 4.78 is 0. The number of hydrogen-bond acceptors (Lipinski definition) is 5. The molecule has 0 saturated heterocycles. The van der Waals surface area contributed by atoms with Crippen molar-refractivity contribution in [2.45, 2.75) is 18.6 Å². The molecule has 2 unspecified atom stereocenters. The lowest BCUT2D eigenvalue weighted by molar-refractivity contribution is 0.0217. The molecule has 0 aliphatic heterocycles. The highest BCUT2D eigenvalue weighted by Gasteiger charge is 2.18. The second-order valence-electron chi connectivity index (χ2n) is 3.68. The summed E-state index contributed by atoms with van der Waals surface area (Å²) in [5.74, 6) is 0. The Kier molecular flexibility index (Phi) is 3.28. The Morgan fingerprint density at radius 3 is 2.59 bits per heavy atom. The first-order valence-electron chi connectivity index (χ1n) is 5.16. The predicted molar refractivity (Wildman–Crippen MR) is 60.7 cm³/mol. The van der Waals surface area contributed by atoms with Gasteiger partial charge in [-0.1, -0.05) is 6.07 Å². The van der Waals surface area contributed by atoms with Crippen molar-refractivity contribution in [1.29, 1.82) is 5.26 Å². The molecule has 0 radical (unpaired) electrons. The van der Waals surface area contributed by atoms with E-state index in [9.17, 15) is 10.2 Å². The van der Waals surface area contributed by atoms with E-state index in [0.717, 1.165) is 5.52 Å². The fourth-order valence-corrected chi connectivity index (χ4v) is 1.59. The van der Waals surface area contributed by atoms with E-state index in [2.05, 4.69) is 9.97 Å². The monoisotopic (exact) mass is 229 g/mol. The van der Waals surface area contributed by atoms with Crippen LogP contribution in [0, 0.1) is 11.3 Å². The molecule has 1 aromatic carbocycles. The van der Waals surface area contributed by atoms with Gasteiger partial charge in [-0.2, -0.15) is 5.26 Å². The van der Waals surface area contributed by atoms with Crippen LogP contribution in [0.5, 0.6) is 0 Å². The van der Waals surface area contributed by atoms with Crippen molar-refractivity contribution in [3.63, 3.8) is 0 Å². The predicted octanol–water partition coefficient (Wildman–Crippen LogP) is 0.938. The highest BCUT2D eigenvalue weighted by molar-refractivity contribution is 5.74. The minimum atomic E-state index is -1.09. The van der Waals surface area contributed by atoms with Gasteiger partial charge in [0.2, 0.25) is 0 Å². The molecular formula is C12H11N3O2. The molecule has 1 aromatic heterocycles. The Bertz CT molecular complexity index is 565. The summed E-state index contributed by atoms with van der Waals surface area (Å²) in [5.41, 5.74) is 1.90. The van der Waals surface area contributed by atoms with Crippen LogP contribution >= 0.6 is 0 Å². The lowest BCUT2D eigenvalue weighted by Gasteiger charge is -2.15. The number of benzene rings is 1. The van der Waals surface area contributed by atoms with Crippen LogP contribution in [0.1, 0.15) is 18.1 Å². The van der Waals surface area contributed by atoms with Crippen LogP contribution < -0.4 is 0 Å². The summed E-state index contributed by atoms with van der Waals surface area (Å²) >= 11 is 0. The molecule has 0 aliphatic rings. The van der Waals surface area contributed by atoms with Gasteiger partial charge >= 0.3 is 0 Å². The first-order valence-corrected chi connectivity index (χ1v) is 5.16. The smallest absolute Gasteiger partial charge is 0.106 e. The standard InChI is InChI=1S/C12H11N3O2/c13-4-3-11(16)12(17)8-1-2-9-10(7-8)15-6-5-14-9/h1-2,5-7,11-12,16-17H,3H2. The largest absolute Gasteiger partial charge is 0.389 e. The van der Waals surface area contributed by atoms with Crippen molar-refractivity contribution in [3.05, 3.63) is 36.2 Å². The maximum Gasteiger partial charge on any atom is 0.106 e. The van der Waals surface area contributed by atoms with Crippen molar-refractivity contribution in [2.75, 3.05) is 0 Å². The van der Waals surface area contributed by atoms with Crippen LogP contribution in [-0.4, -0.2) is 26.3 Å². The maximum absolute atomic E-state index is 9.83. The Morgan fingerprint density at radius 1 is 1.18 bits per heavy atom. The fourth-order valence-electron chi connectivity index (χ4n) is 1.59. The number of rotatable bonds is 3. The Hall–Kier alpha value is -2.03. The average Bonchev–Trinajstić information content (AvgIpc) is 2.37. The number of aromatic nitrogens is 2. The van der Waals surface area contributed by atoms with Crippen LogP contribution in [0.25, 0.3) is 11.0 Å². The first kappa shape index (κ1) is 11.5. The number of nitrogens with zero attached hydrogens (tertiary/aromatic N) is 3. The van der Waals surface area contributed by atoms with E-state index in [0.29, 0.717) is 11.1 Å². The van der Waals surface area contributed by atoms with Crippen LogP contribution in [0.15, 0.2) is 30.6 Å². The zero-order chi connectivity index (χ0) is 12.3. The minimum Gasteiger partial charge on any atom is -0.389 e. The van der Waals surface area contributed by atoms with Crippen molar-refractivity contribution >= 4 is 11.0 Å². The molecule has 2 aromatic rings. The van der Waals surface area contributed by atoms with E-state index >= 15 is 0 Å². The number of aliphatic hydroxyl groups is 2. The van der Waals surface area contributed by atoms with E-state index in [4.69, 9.17) is 5.26 Å². The highest BCUT2D eigenvalue weighted by atomic mass is 16.3. The van der Waals surface area contributed by atoms with E-state index in [1.54, 1.807) is 30.6 Å². The molecule has 5 nitrogen and oxygen atoms in total. The highest BCUT2D eigenvalue weighted by Crippen LogP contribution is 2.21. The van der Waals surface area contributed by atoms with E-state index in [-0.39, 0.29) is 6.42 Å². The molecule has 0 bridgehead atoms. The zero-order valence-corrected chi connectivity index (χ0v) is 8.98. The fraction of sp³-hybridized carbons (Fsp3) is 0.250. The molecule has 86 valence electrons. The van der Waals surface area contributed by atoms with Crippen molar-refractivity contribution in [1.82, 2.24) is 9.97 Å². The van der Waals surface area contributed by atoms with Crippen LogP contribution in [-0.2, 0) is 0 Å². The molecule has 5 heteroatoms. The topological polar surface area (TPSA) is 90.0 Å². The number of hydrogen-bond donors (Lipinski definition) is 2. The molecule has 2 N–H and O–H groups in total. The van der Waals surface area contributed by atoms with E-state index in [1.807, 2.05) is 6.07 Å².